The number of hydrogen-bond donors (Lipinski definition) is 0. The molecule has 0 bridgehead atoms. The van der Waals surface area contributed by atoms with Gasteiger partial charge in [-0.05, 0) is 163 Å². The van der Waals surface area contributed by atoms with Gasteiger partial charge in [0.2, 0.25) is 0 Å². The quantitative estimate of drug-likeness (QED) is 0.153. The zero-order valence-electron chi connectivity index (χ0n) is 32.9. The summed E-state index contributed by atoms with van der Waals surface area (Å²) in [7, 11) is 0. The maximum absolute atomic E-state index is 2.45. The molecular weight excluding hydrogens is 721 g/mol. The van der Waals surface area contributed by atoms with Gasteiger partial charge in [-0.3, -0.25) is 0 Å². The average molecular weight is 759 g/mol. The Balaban J connectivity index is 1.19. The Morgan fingerprint density at radius 3 is 1.12 bits per heavy atom. The average Bonchev–Trinajstić information content (AvgIpc) is 3.32. The highest BCUT2D eigenvalue weighted by Gasteiger charge is 2.20. The van der Waals surface area contributed by atoms with Crippen molar-refractivity contribution in [2.75, 3.05) is 0 Å². The number of rotatable bonds is 5. The molecule has 12 aromatic carbocycles. The number of fused-ring (bicyclic) bond motifs is 6. The van der Waals surface area contributed by atoms with Crippen LogP contribution < -0.4 is 0 Å². The van der Waals surface area contributed by atoms with E-state index in [4.69, 9.17) is 0 Å². The third-order valence-corrected chi connectivity index (χ3v) is 12.6. The van der Waals surface area contributed by atoms with Gasteiger partial charge in [-0.15, -0.1) is 0 Å². The zero-order chi connectivity index (χ0) is 39.6. The Bertz CT molecular complexity index is 3560. The van der Waals surface area contributed by atoms with Gasteiger partial charge in [-0.25, -0.2) is 0 Å². The van der Waals surface area contributed by atoms with Crippen molar-refractivity contribution in [3.8, 4) is 55.6 Å². The van der Waals surface area contributed by atoms with E-state index < -0.39 is 0 Å². The highest BCUT2D eigenvalue weighted by molar-refractivity contribution is 6.24. The highest BCUT2D eigenvalue weighted by Crippen LogP contribution is 2.48. The molecule has 0 fully saturated rings. The lowest BCUT2D eigenvalue weighted by atomic mass is 9.82. The molecule has 60 heavy (non-hydrogen) atoms. The minimum atomic E-state index is 1.20. The van der Waals surface area contributed by atoms with Gasteiger partial charge in [0.05, 0.1) is 0 Å². The van der Waals surface area contributed by atoms with Crippen LogP contribution in [0.5, 0.6) is 0 Å². The zero-order valence-corrected chi connectivity index (χ0v) is 32.9. The Labute approximate surface area is 349 Å². The summed E-state index contributed by atoms with van der Waals surface area (Å²) in [6.07, 6.45) is 0. The van der Waals surface area contributed by atoms with Crippen molar-refractivity contribution < 1.29 is 0 Å². The topological polar surface area (TPSA) is 0 Å². The monoisotopic (exact) mass is 758 g/mol. The first kappa shape index (κ1) is 34.3. The first-order valence-corrected chi connectivity index (χ1v) is 20.8. The molecule has 0 heterocycles. The Morgan fingerprint density at radius 2 is 0.550 bits per heavy atom. The molecule has 0 saturated heterocycles. The van der Waals surface area contributed by atoms with Crippen LogP contribution in [0.4, 0.5) is 0 Å². The third kappa shape index (κ3) is 5.76. The molecule has 0 atom stereocenters. The molecule has 0 unspecified atom stereocenters. The minimum absolute atomic E-state index is 1.20. The van der Waals surface area contributed by atoms with E-state index in [1.807, 2.05) is 0 Å². The largest absolute Gasteiger partial charge is 0.0616 e. The highest BCUT2D eigenvalue weighted by atomic mass is 14.2. The van der Waals surface area contributed by atoms with Gasteiger partial charge in [-0.2, -0.15) is 0 Å². The van der Waals surface area contributed by atoms with E-state index in [1.165, 1.54) is 120 Å². The molecule has 278 valence electrons. The van der Waals surface area contributed by atoms with Gasteiger partial charge in [-0.1, -0.05) is 188 Å². The maximum Gasteiger partial charge on any atom is -0.00201 e. The molecular formula is C60H38. The molecule has 0 heteroatoms. The predicted octanol–water partition coefficient (Wildman–Crippen LogP) is 16.9. The van der Waals surface area contributed by atoms with Crippen molar-refractivity contribution in [2.45, 2.75) is 0 Å². The van der Waals surface area contributed by atoms with Gasteiger partial charge in [0.15, 0.2) is 0 Å². The summed E-state index contributed by atoms with van der Waals surface area (Å²) >= 11 is 0. The van der Waals surface area contributed by atoms with Crippen molar-refractivity contribution in [3.05, 3.63) is 231 Å². The smallest absolute Gasteiger partial charge is 0.00201 e. The fourth-order valence-corrected chi connectivity index (χ4v) is 9.61. The second-order valence-electron chi connectivity index (χ2n) is 16.1. The van der Waals surface area contributed by atoms with E-state index in [2.05, 4.69) is 231 Å². The summed E-state index contributed by atoms with van der Waals surface area (Å²) in [6.45, 7) is 0. The summed E-state index contributed by atoms with van der Waals surface area (Å²) in [5.41, 5.74) is 12.2. The standard InChI is InChI=1S/C60H38/c1-4-16-43-32-46(27-24-39(43)12-1)49-30-31-57-58(38-49)59(55-21-9-10-22-56(55)60(57)54-23-11-19-42-15-7-8-20-53(42)54)52-36-50(47-28-25-40-13-2-5-17-44(40)33-47)35-51(37-52)48-29-26-41-14-3-6-18-45(41)34-48/h1-38H. The van der Waals surface area contributed by atoms with E-state index in [9.17, 15) is 0 Å². The third-order valence-electron chi connectivity index (χ3n) is 12.6. The van der Waals surface area contributed by atoms with Crippen molar-refractivity contribution in [1.29, 1.82) is 0 Å². The normalized spacial score (nSPS) is 11.7. The molecule has 0 aromatic heterocycles. The molecule has 12 aromatic rings. The second kappa shape index (κ2) is 13.9. The lowest BCUT2D eigenvalue weighted by molar-refractivity contribution is 1.60. The first-order valence-electron chi connectivity index (χ1n) is 20.8. The predicted molar refractivity (Wildman–Crippen MR) is 259 cm³/mol. The van der Waals surface area contributed by atoms with Crippen LogP contribution in [0, 0.1) is 0 Å². The molecule has 0 aliphatic heterocycles. The van der Waals surface area contributed by atoms with Gasteiger partial charge < -0.3 is 0 Å². The minimum Gasteiger partial charge on any atom is -0.0616 e. The van der Waals surface area contributed by atoms with Crippen LogP contribution in [0.15, 0.2) is 231 Å². The summed E-state index contributed by atoms with van der Waals surface area (Å²) in [5.74, 6) is 0. The van der Waals surface area contributed by atoms with Crippen LogP contribution in [-0.4, -0.2) is 0 Å². The van der Waals surface area contributed by atoms with E-state index in [0.717, 1.165) is 0 Å². The van der Waals surface area contributed by atoms with E-state index in [1.54, 1.807) is 0 Å². The van der Waals surface area contributed by atoms with E-state index in [0.29, 0.717) is 0 Å². The molecule has 0 aliphatic carbocycles. The summed E-state index contributed by atoms with van der Waals surface area (Å²) < 4.78 is 0. The molecule has 0 spiro atoms. The Hall–Kier alpha value is -7.80. The number of hydrogen-bond acceptors (Lipinski definition) is 0. The van der Waals surface area contributed by atoms with Gasteiger partial charge in [0, 0.05) is 0 Å². The van der Waals surface area contributed by atoms with Crippen LogP contribution in [0.2, 0.25) is 0 Å². The fraction of sp³-hybridized carbons (Fsp3) is 0. The van der Waals surface area contributed by atoms with Gasteiger partial charge in [0.25, 0.3) is 0 Å². The van der Waals surface area contributed by atoms with E-state index >= 15 is 0 Å². The second-order valence-corrected chi connectivity index (χ2v) is 16.1. The van der Waals surface area contributed by atoms with Crippen LogP contribution in [-0.2, 0) is 0 Å². The van der Waals surface area contributed by atoms with Gasteiger partial charge in [0.1, 0.15) is 0 Å². The number of benzene rings is 12. The fourth-order valence-electron chi connectivity index (χ4n) is 9.61. The molecule has 0 N–H and O–H groups in total. The molecule has 0 nitrogen and oxygen atoms in total. The first-order chi connectivity index (χ1) is 29.7. The van der Waals surface area contributed by atoms with Crippen LogP contribution in [0.1, 0.15) is 0 Å². The van der Waals surface area contributed by atoms with Gasteiger partial charge >= 0.3 is 0 Å². The Morgan fingerprint density at radius 1 is 0.167 bits per heavy atom. The van der Waals surface area contributed by atoms with E-state index in [-0.39, 0.29) is 0 Å². The molecule has 0 aliphatic rings. The lowest BCUT2D eigenvalue weighted by Gasteiger charge is -2.21. The van der Waals surface area contributed by atoms with Crippen LogP contribution >= 0.6 is 0 Å². The molecule has 0 saturated carbocycles. The van der Waals surface area contributed by atoms with Crippen molar-refractivity contribution >= 4 is 64.6 Å². The maximum atomic E-state index is 2.45. The van der Waals surface area contributed by atoms with Crippen molar-refractivity contribution in [2.24, 2.45) is 0 Å². The molecule has 12 rings (SSSR count). The van der Waals surface area contributed by atoms with Crippen LogP contribution in [0.3, 0.4) is 0 Å². The summed E-state index contributed by atoms with van der Waals surface area (Å²) in [6, 6.07) is 85.6. The van der Waals surface area contributed by atoms with Crippen molar-refractivity contribution in [1.82, 2.24) is 0 Å². The van der Waals surface area contributed by atoms with Crippen LogP contribution in [0.25, 0.3) is 120 Å². The molecule has 0 amide bonds. The van der Waals surface area contributed by atoms with Crippen molar-refractivity contribution in [3.63, 3.8) is 0 Å². The SMILES string of the molecule is c1ccc2cc(-c3cc(-c4ccc5ccccc5c4)cc(-c4c5ccccc5c(-c5cccc6ccccc56)c5ccc(-c6ccc7ccccc7c6)cc45)c3)ccc2c1. The molecule has 0 radical (unpaired) electrons. The summed E-state index contributed by atoms with van der Waals surface area (Å²) in [4.78, 5) is 0. The lowest BCUT2D eigenvalue weighted by Crippen LogP contribution is -1.94. The Kier molecular flexibility index (Phi) is 7.96. The summed E-state index contributed by atoms with van der Waals surface area (Å²) in [5, 5.41) is 14.9.